The molecule has 1 aromatic heterocycles. The van der Waals surface area contributed by atoms with Crippen LogP contribution >= 0.6 is 0 Å². The largest absolute Gasteiger partial charge is 0.493 e. The molecule has 132 valence electrons. The monoisotopic (exact) mass is 343 g/mol. The van der Waals surface area contributed by atoms with E-state index in [1.54, 1.807) is 11.0 Å². The molecule has 1 aliphatic rings. The molecule has 0 saturated carbocycles. The molecule has 0 bridgehead atoms. The third-order valence-corrected chi connectivity index (χ3v) is 4.00. The van der Waals surface area contributed by atoms with Crippen molar-refractivity contribution in [1.29, 1.82) is 0 Å². The standard InChI is InChI=1S/C19H22FN3O2/c1-13(2)12-25-16-8-14(7-15(20)9-16)17-10-21-11-18(22-17)19(24)23-5-3-4-6-23/h7-11,13H,3-6,12H2,1-2H3. The molecule has 1 fully saturated rings. The summed E-state index contributed by atoms with van der Waals surface area (Å²) in [5, 5.41) is 0. The van der Waals surface area contributed by atoms with Crippen LogP contribution in [0.2, 0.25) is 0 Å². The normalized spacial score (nSPS) is 14.2. The number of rotatable bonds is 5. The van der Waals surface area contributed by atoms with Crippen molar-refractivity contribution in [2.24, 2.45) is 5.92 Å². The van der Waals surface area contributed by atoms with Gasteiger partial charge in [0, 0.05) is 24.7 Å². The third-order valence-electron chi connectivity index (χ3n) is 4.00. The van der Waals surface area contributed by atoms with Gasteiger partial charge >= 0.3 is 0 Å². The zero-order valence-electron chi connectivity index (χ0n) is 14.5. The van der Waals surface area contributed by atoms with Gasteiger partial charge in [0.25, 0.3) is 5.91 Å². The average molecular weight is 343 g/mol. The quantitative estimate of drug-likeness (QED) is 0.833. The highest BCUT2D eigenvalue weighted by Gasteiger charge is 2.21. The topological polar surface area (TPSA) is 55.3 Å². The van der Waals surface area contributed by atoms with E-state index in [0.717, 1.165) is 25.9 Å². The Bertz CT molecular complexity index is 758. The van der Waals surface area contributed by atoms with E-state index in [9.17, 15) is 9.18 Å². The van der Waals surface area contributed by atoms with Crippen LogP contribution in [-0.2, 0) is 0 Å². The van der Waals surface area contributed by atoms with Crippen molar-refractivity contribution >= 4 is 5.91 Å². The van der Waals surface area contributed by atoms with Gasteiger partial charge in [0.15, 0.2) is 0 Å². The fourth-order valence-corrected chi connectivity index (χ4v) is 2.75. The lowest BCUT2D eigenvalue weighted by Crippen LogP contribution is -2.28. The molecule has 1 saturated heterocycles. The first-order chi connectivity index (χ1) is 12.0. The maximum absolute atomic E-state index is 13.9. The van der Waals surface area contributed by atoms with Crippen molar-refractivity contribution in [3.05, 3.63) is 42.1 Å². The lowest BCUT2D eigenvalue weighted by Gasteiger charge is -2.15. The minimum atomic E-state index is -0.408. The molecule has 2 aromatic rings. The molecule has 0 unspecified atom stereocenters. The second-order valence-electron chi connectivity index (χ2n) is 6.67. The van der Waals surface area contributed by atoms with Gasteiger partial charge in [-0.25, -0.2) is 9.37 Å². The predicted octanol–water partition coefficient (Wildman–Crippen LogP) is 3.55. The van der Waals surface area contributed by atoms with E-state index < -0.39 is 5.82 Å². The van der Waals surface area contributed by atoms with Crippen molar-refractivity contribution in [1.82, 2.24) is 14.9 Å². The first-order valence-corrected chi connectivity index (χ1v) is 8.58. The highest BCUT2D eigenvalue weighted by Crippen LogP contribution is 2.25. The molecule has 6 heteroatoms. The number of carbonyl (C=O) groups excluding carboxylic acids is 1. The lowest BCUT2D eigenvalue weighted by molar-refractivity contribution is 0.0786. The summed E-state index contributed by atoms with van der Waals surface area (Å²) in [6.07, 6.45) is 5.01. The number of aromatic nitrogens is 2. The SMILES string of the molecule is CC(C)COc1cc(F)cc(-c2cncc(C(=O)N3CCCC3)n2)c1. The molecule has 25 heavy (non-hydrogen) atoms. The lowest BCUT2D eigenvalue weighted by atomic mass is 10.1. The number of nitrogens with zero attached hydrogens (tertiary/aromatic N) is 3. The van der Waals surface area contributed by atoms with E-state index in [-0.39, 0.29) is 11.6 Å². The van der Waals surface area contributed by atoms with Crippen LogP contribution in [0.1, 0.15) is 37.2 Å². The average Bonchev–Trinajstić information content (AvgIpc) is 3.13. The molecule has 0 N–H and O–H groups in total. The van der Waals surface area contributed by atoms with Gasteiger partial charge < -0.3 is 9.64 Å². The van der Waals surface area contributed by atoms with E-state index in [2.05, 4.69) is 9.97 Å². The summed E-state index contributed by atoms with van der Waals surface area (Å²) in [6.45, 7) is 6.05. The minimum absolute atomic E-state index is 0.125. The van der Waals surface area contributed by atoms with Crippen LogP contribution in [-0.4, -0.2) is 40.5 Å². The summed E-state index contributed by atoms with van der Waals surface area (Å²) in [5.74, 6) is 0.253. The summed E-state index contributed by atoms with van der Waals surface area (Å²) in [4.78, 5) is 22.7. The summed E-state index contributed by atoms with van der Waals surface area (Å²) in [5.41, 5.74) is 1.29. The van der Waals surface area contributed by atoms with E-state index in [1.165, 1.54) is 24.5 Å². The smallest absolute Gasteiger partial charge is 0.274 e. The first kappa shape index (κ1) is 17.3. The van der Waals surface area contributed by atoms with Gasteiger partial charge in [-0.15, -0.1) is 0 Å². The van der Waals surface area contributed by atoms with Gasteiger partial charge in [0.1, 0.15) is 17.3 Å². The molecule has 1 aliphatic heterocycles. The van der Waals surface area contributed by atoms with Crippen LogP contribution in [0.15, 0.2) is 30.6 Å². The van der Waals surface area contributed by atoms with Gasteiger partial charge in [0.2, 0.25) is 0 Å². The number of hydrogen-bond donors (Lipinski definition) is 0. The van der Waals surface area contributed by atoms with Crippen LogP contribution < -0.4 is 4.74 Å². The highest BCUT2D eigenvalue weighted by molar-refractivity contribution is 5.92. The number of ether oxygens (including phenoxy) is 1. The van der Waals surface area contributed by atoms with E-state index >= 15 is 0 Å². The van der Waals surface area contributed by atoms with Crippen molar-refractivity contribution in [3.63, 3.8) is 0 Å². The Balaban J connectivity index is 1.86. The number of hydrogen-bond acceptors (Lipinski definition) is 4. The van der Waals surface area contributed by atoms with Gasteiger partial charge in [-0.3, -0.25) is 9.78 Å². The number of likely N-dealkylation sites (tertiary alicyclic amines) is 1. The molecule has 0 spiro atoms. The molecular weight excluding hydrogens is 321 g/mol. The second kappa shape index (κ2) is 7.59. The molecule has 1 amide bonds. The Kier molecular flexibility index (Phi) is 5.26. The molecule has 0 aliphatic carbocycles. The Morgan fingerprint density at radius 3 is 2.72 bits per heavy atom. The first-order valence-electron chi connectivity index (χ1n) is 8.58. The maximum atomic E-state index is 13.9. The van der Waals surface area contributed by atoms with Crippen molar-refractivity contribution < 1.29 is 13.9 Å². The maximum Gasteiger partial charge on any atom is 0.274 e. The van der Waals surface area contributed by atoms with Gasteiger partial charge in [-0.05, 0) is 30.9 Å². The fourth-order valence-electron chi connectivity index (χ4n) is 2.75. The third kappa shape index (κ3) is 4.32. The number of halogens is 1. The minimum Gasteiger partial charge on any atom is -0.493 e. The predicted molar refractivity (Wildman–Crippen MR) is 92.9 cm³/mol. The molecule has 0 radical (unpaired) electrons. The molecule has 3 rings (SSSR count). The Morgan fingerprint density at radius 1 is 1.24 bits per heavy atom. The van der Waals surface area contributed by atoms with Crippen LogP contribution in [0.4, 0.5) is 4.39 Å². The van der Waals surface area contributed by atoms with Crippen LogP contribution in [0.25, 0.3) is 11.3 Å². The molecule has 5 nitrogen and oxygen atoms in total. The Hall–Kier alpha value is -2.50. The summed E-state index contributed by atoms with van der Waals surface area (Å²) in [7, 11) is 0. The number of benzene rings is 1. The molecule has 2 heterocycles. The van der Waals surface area contributed by atoms with E-state index in [4.69, 9.17) is 4.74 Å². The van der Waals surface area contributed by atoms with Gasteiger partial charge in [0.05, 0.1) is 24.7 Å². The number of amides is 1. The van der Waals surface area contributed by atoms with E-state index in [0.29, 0.717) is 29.5 Å². The van der Waals surface area contributed by atoms with Crippen molar-refractivity contribution in [3.8, 4) is 17.0 Å². The zero-order valence-corrected chi connectivity index (χ0v) is 14.5. The van der Waals surface area contributed by atoms with Crippen LogP contribution in [0.3, 0.4) is 0 Å². The summed E-state index contributed by atoms with van der Waals surface area (Å²) >= 11 is 0. The van der Waals surface area contributed by atoms with Gasteiger partial charge in [-0.1, -0.05) is 13.8 Å². The Morgan fingerprint density at radius 2 is 2.00 bits per heavy atom. The van der Waals surface area contributed by atoms with Crippen molar-refractivity contribution in [2.75, 3.05) is 19.7 Å². The van der Waals surface area contributed by atoms with Crippen LogP contribution in [0, 0.1) is 11.7 Å². The summed E-state index contributed by atoms with van der Waals surface area (Å²) < 4.78 is 19.5. The zero-order chi connectivity index (χ0) is 17.8. The Labute approximate surface area is 146 Å². The van der Waals surface area contributed by atoms with Gasteiger partial charge in [-0.2, -0.15) is 0 Å². The number of carbonyl (C=O) groups is 1. The summed E-state index contributed by atoms with van der Waals surface area (Å²) in [6, 6.07) is 4.44. The molecular formula is C19H22FN3O2. The molecule has 1 aromatic carbocycles. The van der Waals surface area contributed by atoms with Crippen molar-refractivity contribution in [2.45, 2.75) is 26.7 Å². The highest BCUT2D eigenvalue weighted by atomic mass is 19.1. The van der Waals surface area contributed by atoms with Crippen LogP contribution in [0.5, 0.6) is 5.75 Å². The molecule has 0 atom stereocenters. The van der Waals surface area contributed by atoms with E-state index in [1.807, 2.05) is 13.8 Å². The second-order valence-corrected chi connectivity index (χ2v) is 6.67. The fraction of sp³-hybridized carbons (Fsp3) is 0.421.